The van der Waals surface area contributed by atoms with E-state index in [-0.39, 0.29) is 17.2 Å². The number of benzene rings is 1. The molecule has 1 amide bonds. The Hall–Kier alpha value is -2.20. The van der Waals surface area contributed by atoms with Crippen LogP contribution in [0.25, 0.3) is 0 Å². The molecule has 0 spiro atoms. The molecule has 1 rings (SSSR count). The molecule has 10 heteroatoms. The summed E-state index contributed by atoms with van der Waals surface area (Å²) >= 11 is 0. The van der Waals surface area contributed by atoms with Crippen LogP contribution in [0.1, 0.15) is 13.8 Å². The second-order valence-electron chi connectivity index (χ2n) is 5.07. The molecule has 122 valence electrons. The minimum atomic E-state index is -3.90. The van der Waals surface area contributed by atoms with Gasteiger partial charge in [-0.15, -0.1) is 0 Å². The highest BCUT2D eigenvalue weighted by molar-refractivity contribution is 7.89. The highest BCUT2D eigenvalue weighted by Crippen LogP contribution is 2.17. The Morgan fingerprint density at radius 3 is 2.32 bits per heavy atom. The van der Waals surface area contributed by atoms with Crippen molar-refractivity contribution in [2.45, 2.75) is 24.3 Å². The zero-order valence-electron chi connectivity index (χ0n) is 12.3. The SMILES string of the molecule is CNC(=O)OCC(C)(C)NS(=O)(=O)c1ccc([N+](=O)[O-])cc1. The standard InChI is InChI=1S/C12H17N3O6S/c1-12(2,8-21-11(16)13-3)14-22(19,20)10-6-4-9(5-7-10)15(17)18/h4-7,14H,8H2,1-3H3,(H,13,16). The van der Waals surface area contributed by atoms with Gasteiger partial charge in [-0.1, -0.05) is 0 Å². The number of nitrogens with zero attached hydrogens (tertiary/aromatic N) is 1. The van der Waals surface area contributed by atoms with E-state index in [0.717, 1.165) is 24.3 Å². The van der Waals surface area contributed by atoms with Gasteiger partial charge in [-0.2, -0.15) is 0 Å². The van der Waals surface area contributed by atoms with Crippen molar-refractivity contribution in [2.75, 3.05) is 13.7 Å². The van der Waals surface area contributed by atoms with Crippen LogP contribution in [-0.2, 0) is 14.8 Å². The number of nitro benzene ring substituents is 1. The minimum Gasteiger partial charge on any atom is -0.448 e. The van der Waals surface area contributed by atoms with Crippen LogP contribution in [0.3, 0.4) is 0 Å². The lowest BCUT2D eigenvalue weighted by Gasteiger charge is -2.25. The van der Waals surface area contributed by atoms with E-state index >= 15 is 0 Å². The maximum Gasteiger partial charge on any atom is 0.406 e. The maximum absolute atomic E-state index is 12.2. The zero-order chi connectivity index (χ0) is 17.0. The van der Waals surface area contributed by atoms with E-state index in [9.17, 15) is 23.3 Å². The lowest BCUT2D eigenvalue weighted by molar-refractivity contribution is -0.384. The first kappa shape index (κ1) is 17.9. The molecule has 0 atom stereocenters. The van der Waals surface area contributed by atoms with E-state index in [1.807, 2.05) is 0 Å². The van der Waals surface area contributed by atoms with Gasteiger partial charge in [0.2, 0.25) is 10.0 Å². The van der Waals surface area contributed by atoms with E-state index < -0.39 is 26.6 Å². The third kappa shape index (κ3) is 4.97. The van der Waals surface area contributed by atoms with Gasteiger partial charge in [0.25, 0.3) is 5.69 Å². The number of rotatable bonds is 6. The van der Waals surface area contributed by atoms with Crippen LogP contribution in [0.4, 0.5) is 10.5 Å². The van der Waals surface area contributed by atoms with Crippen LogP contribution in [0, 0.1) is 10.1 Å². The number of ether oxygens (including phenoxy) is 1. The van der Waals surface area contributed by atoms with Gasteiger partial charge < -0.3 is 10.1 Å². The maximum atomic E-state index is 12.2. The summed E-state index contributed by atoms with van der Waals surface area (Å²) in [7, 11) is -2.51. The monoisotopic (exact) mass is 331 g/mol. The Bertz CT molecular complexity index is 654. The number of hydrogen-bond donors (Lipinski definition) is 2. The summed E-state index contributed by atoms with van der Waals surface area (Å²) in [6, 6.07) is 4.47. The van der Waals surface area contributed by atoms with Gasteiger partial charge in [-0.3, -0.25) is 10.1 Å². The number of sulfonamides is 1. The van der Waals surface area contributed by atoms with Gasteiger partial charge in [0.15, 0.2) is 0 Å². The van der Waals surface area contributed by atoms with Crippen LogP contribution >= 0.6 is 0 Å². The first-order valence-electron chi connectivity index (χ1n) is 6.20. The van der Waals surface area contributed by atoms with Crippen molar-refractivity contribution >= 4 is 21.8 Å². The number of amides is 1. The molecular formula is C12H17N3O6S. The summed E-state index contributed by atoms with van der Waals surface area (Å²) in [5.41, 5.74) is -1.26. The molecule has 9 nitrogen and oxygen atoms in total. The summed E-state index contributed by atoms with van der Waals surface area (Å²) < 4.78 is 31.6. The van der Waals surface area contributed by atoms with Crippen molar-refractivity contribution in [1.29, 1.82) is 0 Å². The molecular weight excluding hydrogens is 314 g/mol. The summed E-state index contributed by atoms with van der Waals surface area (Å²) in [5, 5.41) is 12.8. The van der Waals surface area contributed by atoms with E-state index in [4.69, 9.17) is 4.74 Å². The fraction of sp³-hybridized carbons (Fsp3) is 0.417. The van der Waals surface area contributed by atoms with Crippen LogP contribution in [0.5, 0.6) is 0 Å². The van der Waals surface area contributed by atoms with Gasteiger partial charge in [0.05, 0.1) is 15.4 Å². The molecule has 0 bridgehead atoms. The first-order chi connectivity index (χ1) is 10.1. The summed E-state index contributed by atoms with van der Waals surface area (Å²) in [5.74, 6) is 0. The van der Waals surface area contributed by atoms with Crippen LogP contribution < -0.4 is 10.0 Å². The number of non-ortho nitro benzene ring substituents is 1. The average Bonchev–Trinajstić information content (AvgIpc) is 2.43. The minimum absolute atomic E-state index is 0.119. The average molecular weight is 331 g/mol. The molecule has 1 aromatic rings. The van der Waals surface area contributed by atoms with Crippen LogP contribution in [0.15, 0.2) is 29.2 Å². The third-order valence-corrected chi connectivity index (χ3v) is 4.25. The van der Waals surface area contributed by atoms with E-state index in [2.05, 4.69) is 10.0 Å². The summed E-state index contributed by atoms with van der Waals surface area (Å²) in [6.07, 6.45) is -0.678. The molecule has 0 heterocycles. The molecule has 22 heavy (non-hydrogen) atoms. The van der Waals surface area contributed by atoms with Crippen molar-refractivity contribution in [3.8, 4) is 0 Å². The lowest BCUT2D eigenvalue weighted by atomic mass is 10.1. The van der Waals surface area contributed by atoms with Crippen LogP contribution in [-0.4, -0.2) is 38.6 Å². The Kier molecular flexibility index (Phi) is 5.44. The first-order valence-corrected chi connectivity index (χ1v) is 7.69. The highest BCUT2D eigenvalue weighted by atomic mass is 32.2. The normalized spacial score (nSPS) is 11.8. The number of nitro groups is 1. The topological polar surface area (TPSA) is 128 Å². The Labute approximate surface area is 127 Å². The second-order valence-corrected chi connectivity index (χ2v) is 6.75. The van der Waals surface area contributed by atoms with Crippen LogP contribution in [0.2, 0.25) is 0 Å². The predicted molar refractivity (Wildman–Crippen MR) is 77.9 cm³/mol. The predicted octanol–water partition coefficient (Wildman–Crippen LogP) is 1.01. The molecule has 0 aliphatic rings. The second kappa shape index (κ2) is 6.71. The van der Waals surface area contributed by atoms with Gasteiger partial charge in [-0.05, 0) is 26.0 Å². The fourth-order valence-corrected chi connectivity index (χ4v) is 2.92. The molecule has 0 unspecified atom stereocenters. The number of hydrogen-bond acceptors (Lipinski definition) is 6. The highest BCUT2D eigenvalue weighted by Gasteiger charge is 2.28. The Morgan fingerprint density at radius 2 is 1.86 bits per heavy atom. The molecule has 0 saturated heterocycles. The van der Waals surface area contributed by atoms with E-state index in [1.165, 1.54) is 7.05 Å². The molecule has 2 N–H and O–H groups in total. The molecule has 1 aromatic carbocycles. The van der Waals surface area contributed by atoms with Crippen molar-refractivity contribution < 1.29 is 22.9 Å². The fourth-order valence-electron chi connectivity index (χ4n) is 1.52. The van der Waals surface area contributed by atoms with Crippen molar-refractivity contribution in [3.63, 3.8) is 0 Å². The van der Waals surface area contributed by atoms with Gasteiger partial charge in [-0.25, -0.2) is 17.9 Å². The summed E-state index contributed by atoms with van der Waals surface area (Å²) in [6.45, 7) is 2.90. The molecule has 0 fully saturated rings. The summed E-state index contributed by atoms with van der Waals surface area (Å²) in [4.78, 5) is 20.8. The lowest BCUT2D eigenvalue weighted by Crippen LogP contribution is -2.47. The van der Waals surface area contributed by atoms with Crippen molar-refractivity contribution in [3.05, 3.63) is 34.4 Å². The van der Waals surface area contributed by atoms with Crippen molar-refractivity contribution in [1.82, 2.24) is 10.0 Å². The smallest absolute Gasteiger partial charge is 0.406 e. The largest absolute Gasteiger partial charge is 0.448 e. The molecule has 0 aromatic heterocycles. The zero-order valence-corrected chi connectivity index (χ0v) is 13.1. The Morgan fingerprint density at radius 1 is 1.32 bits per heavy atom. The van der Waals surface area contributed by atoms with Gasteiger partial charge in [0.1, 0.15) is 6.61 Å². The Balaban J connectivity index is 2.85. The number of nitrogens with one attached hydrogen (secondary N) is 2. The van der Waals surface area contributed by atoms with E-state index in [1.54, 1.807) is 13.8 Å². The van der Waals surface area contributed by atoms with Gasteiger partial charge >= 0.3 is 6.09 Å². The molecule has 0 radical (unpaired) electrons. The quantitative estimate of drug-likeness (QED) is 0.591. The molecule has 0 aliphatic carbocycles. The van der Waals surface area contributed by atoms with E-state index in [0.29, 0.717) is 0 Å². The number of carbonyl (C=O) groups excluding carboxylic acids is 1. The molecule has 0 aliphatic heterocycles. The number of alkyl carbamates (subject to hydrolysis) is 1. The third-order valence-electron chi connectivity index (χ3n) is 2.54. The van der Waals surface area contributed by atoms with Gasteiger partial charge in [0, 0.05) is 19.2 Å². The van der Waals surface area contributed by atoms with Crippen molar-refractivity contribution in [2.24, 2.45) is 0 Å². The molecule has 0 saturated carbocycles. The number of carbonyl (C=O) groups is 1.